The third kappa shape index (κ3) is 3.79. The van der Waals surface area contributed by atoms with Gasteiger partial charge >= 0.3 is 0 Å². The lowest BCUT2D eigenvalue weighted by Crippen LogP contribution is -1.93. The fraction of sp³-hybridized carbons (Fsp3) is 0. The number of hydrogen-bond acceptors (Lipinski definition) is 5. The second kappa shape index (κ2) is 9.58. The molecule has 0 spiro atoms. The summed E-state index contributed by atoms with van der Waals surface area (Å²) in [6, 6.07) is 47.7. The first-order valence-corrected chi connectivity index (χ1v) is 15.3. The average Bonchev–Trinajstić information content (AvgIpc) is 3.75. The van der Waals surface area contributed by atoms with Gasteiger partial charge in [-0.15, -0.1) is 0 Å². The molecule has 3 heterocycles. The number of fused-ring (bicyclic) bond motifs is 8. The molecule has 0 fully saturated rings. The number of rotatable bonds is 3. The van der Waals surface area contributed by atoms with Gasteiger partial charge < -0.3 is 8.83 Å². The SMILES string of the molecule is c1ccc2c(c1)ccc1c(-c3cc(-c4nc5ccccc5o4)cc(-c4nc5ccccc5o4)c3)c3ccc4ccccc4c3nc12. The standard InChI is InChI=1S/C41H23N3O2/c1-3-11-29-24(9-1)17-19-31-37(32-20-18-25-10-2-4-12-30(25)39(32)44-38(29)31)26-21-27(40-42-33-13-5-7-15-35(33)45-40)23-28(22-26)41-43-34-14-6-8-16-36(34)46-41/h1-23H. The molecule has 0 saturated heterocycles. The molecule has 0 bridgehead atoms. The lowest BCUT2D eigenvalue weighted by Gasteiger charge is -2.16. The Labute approximate surface area is 262 Å². The third-order valence-electron chi connectivity index (χ3n) is 8.87. The summed E-state index contributed by atoms with van der Waals surface area (Å²) in [4.78, 5) is 15.1. The summed E-state index contributed by atoms with van der Waals surface area (Å²) in [5.74, 6) is 1.08. The summed E-state index contributed by atoms with van der Waals surface area (Å²) in [7, 11) is 0. The van der Waals surface area contributed by atoms with Crippen LogP contribution in [0.4, 0.5) is 0 Å². The molecule has 3 aromatic heterocycles. The van der Waals surface area contributed by atoms with Crippen LogP contribution in [0.5, 0.6) is 0 Å². The van der Waals surface area contributed by atoms with Crippen molar-refractivity contribution in [2.75, 3.05) is 0 Å². The van der Waals surface area contributed by atoms with Gasteiger partial charge in [-0.05, 0) is 58.8 Å². The minimum Gasteiger partial charge on any atom is -0.436 e. The predicted octanol–water partition coefficient (Wildman–Crippen LogP) is 11.0. The smallest absolute Gasteiger partial charge is 0.227 e. The summed E-state index contributed by atoms with van der Waals surface area (Å²) >= 11 is 0. The molecule has 0 N–H and O–H groups in total. The van der Waals surface area contributed by atoms with Gasteiger partial charge in [-0.2, -0.15) is 0 Å². The first kappa shape index (κ1) is 25.0. The minimum atomic E-state index is 0.541. The van der Waals surface area contributed by atoms with E-state index >= 15 is 0 Å². The Bertz CT molecular complexity index is 2580. The van der Waals surface area contributed by atoms with Crippen molar-refractivity contribution in [1.82, 2.24) is 15.0 Å². The highest BCUT2D eigenvalue weighted by Crippen LogP contribution is 2.42. The zero-order valence-corrected chi connectivity index (χ0v) is 24.4. The van der Waals surface area contributed by atoms with E-state index in [9.17, 15) is 0 Å². The summed E-state index contributed by atoms with van der Waals surface area (Å²) in [6.07, 6.45) is 0. The van der Waals surface area contributed by atoms with Gasteiger partial charge in [0.1, 0.15) is 11.0 Å². The maximum atomic E-state index is 6.31. The van der Waals surface area contributed by atoms with Crippen molar-refractivity contribution >= 4 is 65.6 Å². The molecule has 0 atom stereocenters. The van der Waals surface area contributed by atoms with Gasteiger partial charge in [-0.3, -0.25) is 0 Å². The van der Waals surface area contributed by atoms with Gasteiger partial charge in [-0.1, -0.05) is 97.1 Å². The first-order valence-electron chi connectivity index (χ1n) is 15.3. The van der Waals surface area contributed by atoms with E-state index in [1.165, 1.54) is 0 Å². The van der Waals surface area contributed by atoms with Gasteiger partial charge in [0.05, 0.1) is 11.0 Å². The van der Waals surface area contributed by atoms with Crippen LogP contribution < -0.4 is 0 Å². The molecule has 0 radical (unpaired) electrons. The Morgan fingerprint density at radius 1 is 0.370 bits per heavy atom. The molecule has 0 amide bonds. The quantitative estimate of drug-likeness (QED) is 0.151. The maximum Gasteiger partial charge on any atom is 0.227 e. The van der Waals surface area contributed by atoms with Gasteiger partial charge in [0.15, 0.2) is 11.2 Å². The monoisotopic (exact) mass is 589 g/mol. The van der Waals surface area contributed by atoms with Crippen LogP contribution in [0.1, 0.15) is 0 Å². The summed E-state index contributed by atoms with van der Waals surface area (Å²) < 4.78 is 12.6. The Kier molecular flexibility index (Phi) is 5.22. The number of hydrogen-bond donors (Lipinski definition) is 0. The number of pyridine rings is 1. The van der Waals surface area contributed by atoms with E-state index in [1.54, 1.807) is 0 Å². The predicted molar refractivity (Wildman–Crippen MR) is 186 cm³/mol. The zero-order valence-electron chi connectivity index (χ0n) is 24.4. The van der Waals surface area contributed by atoms with Crippen LogP contribution in [-0.4, -0.2) is 15.0 Å². The molecule has 10 rings (SSSR count). The highest BCUT2D eigenvalue weighted by Gasteiger charge is 2.20. The van der Waals surface area contributed by atoms with E-state index in [2.05, 4.69) is 91.0 Å². The second-order valence-corrected chi connectivity index (χ2v) is 11.6. The summed E-state index contributed by atoms with van der Waals surface area (Å²) in [6.45, 7) is 0. The topological polar surface area (TPSA) is 65.0 Å². The molecule has 0 unspecified atom stereocenters. The molecular weight excluding hydrogens is 566 g/mol. The number of aromatic nitrogens is 3. The largest absolute Gasteiger partial charge is 0.436 e. The highest BCUT2D eigenvalue weighted by atomic mass is 16.4. The number of nitrogens with zero attached hydrogens (tertiary/aromatic N) is 3. The fourth-order valence-corrected chi connectivity index (χ4v) is 6.73. The first-order chi connectivity index (χ1) is 22.8. The van der Waals surface area contributed by atoms with Crippen molar-refractivity contribution < 1.29 is 8.83 Å². The lowest BCUT2D eigenvalue weighted by molar-refractivity contribution is 0.617. The average molecular weight is 590 g/mol. The summed E-state index contributed by atoms with van der Waals surface area (Å²) in [5, 5.41) is 6.68. The summed E-state index contributed by atoms with van der Waals surface area (Å²) in [5.41, 5.74) is 8.80. The molecule has 46 heavy (non-hydrogen) atoms. The normalized spacial score (nSPS) is 11.9. The molecule has 5 nitrogen and oxygen atoms in total. The van der Waals surface area contributed by atoms with Crippen molar-refractivity contribution in [3.05, 3.63) is 140 Å². The van der Waals surface area contributed by atoms with Gasteiger partial charge in [0.25, 0.3) is 0 Å². The Morgan fingerprint density at radius 2 is 0.826 bits per heavy atom. The fourth-order valence-electron chi connectivity index (χ4n) is 6.73. The van der Waals surface area contributed by atoms with Crippen LogP contribution in [-0.2, 0) is 0 Å². The molecule has 0 aliphatic rings. The van der Waals surface area contributed by atoms with E-state index in [1.807, 2.05) is 48.5 Å². The van der Waals surface area contributed by atoms with Crippen LogP contribution in [0.25, 0.3) is 99.6 Å². The van der Waals surface area contributed by atoms with Crippen molar-refractivity contribution in [2.24, 2.45) is 0 Å². The van der Waals surface area contributed by atoms with Crippen molar-refractivity contribution in [3.8, 4) is 34.0 Å². The molecule has 0 saturated carbocycles. The van der Waals surface area contributed by atoms with Crippen molar-refractivity contribution in [1.29, 1.82) is 0 Å². The zero-order chi connectivity index (χ0) is 30.2. The number of para-hydroxylation sites is 4. The lowest BCUT2D eigenvalue weighted by atomic mass is 9.91. The molecule has 5 heteroatoms. The van der Waals surface area contributed by atoms with E-state index in [4.69, 9.17) is 23.8 Å². The molecule has 0 aliphatic heterocycles. The third-order valence-corrected chi connectivity index (χ3v) is 8.87. The van der Waals surface area contributed by atoms with Crippen LogP contribution in [0.15, 0.2) is 148 Å². The van der Waals surface area contributed by atoms with Crippen molar-refractivity contribution in [2.45, 2.75) is 0 Å². The van der Waals surface area contributed by atoms with Gasteiger partial charge in [-0.25, -0.2) is 15.0 Å². The maximum absolute atomic E-state index is 6.31. The molecule has 0 aliphatic carbocycles. The molecular formula is C41H23N3O2. The van der Waals surface area contributed by atoms with E-state index < -0.39 is 0 Å². The Balaban J connectivity index is 1.34. The van der Waals surface area contributed by atoms with Crippen LogP contribution in [0.3, 0.4) is 0 Å². The second-order valence-electron chi connectivity index (χ2n) is 11.6. The molecule has 10 aromatic rings. The highest BCUT2D eigenvalue weighted by molar-refractivity contribution is 6.21. The van der Waals surface area contributed by atoms with Crippen LogP contribution in [0, 0.1) is 0 Å². The number of benzene rings is 7. The van der Waals surface area contributed by atoms with Crippen LogP contribution >= 0.6 is 0 Å². The number of oxazole rings is 2. The van der Waals surface area contributed by atoms with Gasteiger partial charge in [0.2, 0.25) is 11.8 Å². The minimum absolute atomic E-state index is 0.541. The van der Waals surface area contributed by atoms with Crippen LogP contribution in [0.2, 0.25) is 0 Å². The Hall–Kier alpha value is -6.33. The van der Waals surface area contributed by atoms with Crippen molar-refractivity contribution in [3.63, 3.8) is 0 Å². The molecule has 7 aromatic carbocycles. The molecule has 214 valence electrons. The van der Waals surface area contributed by atoms with E-state index in [0.717, 1.165) is 87.8 Å². The van der Waals surface area contributed by atoms with E-state index in [-0.39, 0.29) is 0 Å². The van der Waals surface area contributed by atoms with Gasteiger partial charge in [0, 0.05) is 38.2 Å². The Morgan fingerprint density at radius 3 is 1.35 bits per heavy atom. The van der Waals surface area contributed by atoms with E-state index in [0.29, 0.717) is 11.8 Å².